The summed E-state index contributed by atoms with van der Waals surface area (Å²) in [5.41, 5.74) is 9.65. The number of aryl methyl sites for hydroxylation is 1. The molecule has 0 spiro atoms. The molecule has 0 radical (unpaired) electrons. The van der Waals surface area contributed by atoms with Crippen molar-refractivity contribution >= 4 is 5.69 Å². The molecule has 1 aromatic carbocycles. The van der Waals surface area contributed by atoms with Crippen LogP contribution in [0.15, 0.2) is 18.2 Å². The Bertz CT molecular complexity index is 388. The molecular weight excluding hydrogens is 234 g/mol. The number of likely N-dealkylation sites (N-methyl/N-ethyl adjacent to an activating group) is 2. The maximum Gasteiger partial charge on any atom is 0.0398 e. The fourth-order valence-electron chi connectivity index (χ4n) is 2.71. The molecule has 0 aliphatic carbocycles. The molecule has 0 aliphatic rings. The largest absolute Gasteiger partial charge is 0.368 e. The SMILES string of the molecule is CCN(c1ccc(CCN)cc1C)C(C)CN(C)C. The van der Waals surface area contributed by atoms with Gasteiger partial charge in [-0.2, -0.15) is 0 Å². The van der Waals surface area contributed by atoms with E-state index in [1.54, 1.807) is 0 Å². The zero-order valence-electron chi connectivity index (χ0n) is 13.1. The van der Waals surface area contributed by atoms with Crippen LogP contribution in [0.2, 0.25) is 0 Å². The van der Waals surface area contributed by atoms with Crippen LogP contribution in [0.5, 0.6) is 0 Å². The van der Waals surface area contributed by atoms with Gasteiger partial charge in [-0.25, -0.2) is 0 Å². The molecule has 0 heterocycles. The lowest BCUT2D eigenvalue weighted by atomic mass is 10.1. The maximum absolute atomic E-state index is 5.62. The standard InChI is InChI=1S/C16H29N3/c1-6-19(14(3)12-18(4)5)16-8-7-15(9-10-17)11-13(16)2/h7-8,11,14H,6,9-10,12,17H2,1-5H3. The van der Waals surface area contributed by atoms with Crippen molar-refractivity contribution in [3.8, 4) is 0 Å². The summed E-state index contributed by atoms with van der Waals surface area (Å²) in [6.07, 6.45) is 0.959. The third-order valence-corrected chi connectivity index (χ3v) is 3.51. The lowest BCUT2D eigenvalue weighted by Crippen LogP contribution is -2.40. The second kappa shape index (κ2) is 7.51. The summed E-state index contributed by atoms with van der Waals surface area (Å²) in [5, 5.41) is 0. The van der Waals surface area contributed by atoms with E-state index in [4.69, 9.17) is 5.73 Å². The number of hydrogen-bond acceptors (Lipinski definition) is 3. The van der Waals surface area contributed by atoms with Crippen LogP contribution in [0.4, 0.5) is 5.69 Å². The number of rotatable bonds is 7. The molecule has 0 saturated heterocycles. The Labute approximate surface area is 118 Å². The average molecular weight is 263 g/mol. The van der Waals surface area contributed by atoms with E-state index in [0.29, 0.717) is 12.6 Å². The second-order valence-corrected chi connectivity index (χ2v) is 5.56. The number of benzene rings is 1. The van der Waals surface area contributed by atoms with Crippen molar-refractivity contribution in [2.24, 2.45) is 5.73 Å². The summed E-state index contributed by atoms with van der Waals surface area (Å²) >= 11 is 0. The maximum atomic E-state index is 5.62. The van der Waals surface area contributed by atoms with Crippen LogP contribution in [-0.2, 0) is 6.42 Å². The smallest absolute Gasteiger partial charge is 0.0398 e. The van der Waals surface area contributed by atoms with E-state index >= 15 is 0 Å². The first-order valence-electron chi connectivity index (χ1n) is 7.20. The van der Waals surface area contributed by atoms with E-state index in [1.165, 1.54) is 16.8 Å². The zero-order chi connectivity index (χ0) is 14.4. The van der Waals surface area contributed by atoms with Crippen molar-refractivity contribution < 1.29 is 0 Å². The van der Waals surface area contributed by atoms with Gasteiger partial charge in [0.05, 0.1) is 0 Å². The lowest BCUT2D eigenvalue weighted by molar-refractivity contribution is 0.373. The zero-order valence-corrected chi connectivity index (χ0v) is 13.1. The normalized spacial score (nSPS) is 12.8. The molecule has 3 nitrogen and oxygen atoms in total. The van der Waals surface area contributed by atoms with Gasteiger partial charge in [0, 0.05) is 24.8 Å². The molecule has 1 aromatic rings. The third kappa shape index (κ3) is 4.51. The van der Waals surface area contributed by atoms with Gasteiger partial charge >= 0.3 is 0 Å². The molecule has 0 bridgehead atoms. The number of nitrogens with zero attached hydrogens (tertiary/aromatic N) is 2. The van der Waals surface area contributed by atoms with E-state index in [-0.39, 0.29) is 0 Å². The summed E-state index contributed by atoms with van der Waals surface area (Å²) in [5.74, 6) is 0. The first-order valence-corrected chi connectivity index (χ1v) is 7.20. The molecule has 0 saturated carbocycles. The first kappa shape index (κ1) is 16.0. The third-order valence-electron chi connectivity index (χ3n) is 3.51. The Kier molecular flexibility index (Phi) is 6.32. The minimum absolute atomic E-state index is 0.513. The van der Waals surface area contributed by atoms with Crippen molar-refractivity contribution in [2.45, 2.75) is 33.2 Å². The minimum atomic E-state index is 0.513. The van der Waals surface area contributed by atoms with Crippen LogP contribution >= 0.6 is 0 Å². The average Bonchev–Trinajstić information content (AvgIpc) is 2.32. The molecule has 0 aromatic heterocycles. The fraction of sp³-hybridized carbons (Fsp3) is 0.625. The molecule has 0 amide bonds. The molecule has 0 aliphatic heterocycles. The van der Waals surface area contributed by atoms with Crippen molar-refractivity contribution in [2.75, 3.05) is 38.6 Å². The van der Waals surface area contributed by atoms with Crippen LogP contribution in [0.25, 0.3) is 0 Å². The number of hydrogen-bond donors (Lipinski definition) is 1. The van der Waals surface area contributed by atoms with E-state index in [0.717, 1.165) is 19.5 Å². The Morgan fingerprint density at radius 2 is 1.95 bits per heavy atom. The monoisotopic (exact) mass is 263 g/mol. The van der Waals surface area contributed by atoms with Gasteiger partial charge in [0.2, 0.25) is 0 Å². The van der Waals surface area contributed by atoms with E-state index in [9.17, 15) is 0 Å². The van der Waals surface area contributed by atoms with Crippen LogP contribution < -0.4 is 10.6 Å². The van der Waals surface area contributed by atoms with Gasteiger partial charge in [-0.1, -0.05) is 12.1 Å². The topological polar surface area (TPSA) is 32.5 Å². The minimum Gasteiger partial charge on any atom is -0.368 e. The summed E-state index contributed by atoms with van der Waals surface area (Å²) < 4.78 is 0. The van der Waals surface area contributed by atoms with Crippen LogP contribution in [0.1, 0.15) is 25.0 Å². The van der Waals surface area contributed by atoms with Crippen molar-refractivity contribution in [3.63, 3.8) is 0 Å². The fourth-order valence-corrected chi connectivity index (χ4v) is 2.71. The van der Waals surface area contributed by atoms with Gasteiger partial charge in [-0.15, -0.1) is 0 Å². The quantitative estimate of drug-likeness (QED) is 0.819. The summed E-state index contributed by atoms with van der Waals surface area (Å²) in [6.45, 7) is 9.52. The highest BCUT2D eigenvalue weighted by molar-refractivity contribution is 5.55. The van der Waals surface area contributed by atoms with E-state index in [2.05, 4.69) is 62.9 Å². The van der Waals surface area contributed by atoms with Crippen molar-refractivity contribution in [1.29, 1.82) is 0 Å². The predicted octanol–water partition coefficient (Wildman–Crippen LogP) is 2.27. The molecule has 108 valence electrons. The van der Waals surface area contributed by atoms with Gasteiger partial charge in [0.25, 0.3) is 0 Å². The molecule has 19 heavy (non-hydrogen) atoms. The van der Waals surface area contributed by atoms with Crippen LogP contribution in [0.3, 0.4) is 0 Å². The van der Waals surface area contributed by atoms with Gasteiger partial charge in [0.1, 0.15) is 0 Å². The lowest BCUT2D eigenvalue weighted by Gasteiger charge is -2.33. The van der Waals surface area contributed by atoms with Gasteiger partial charge < -0.3 is 15.5 Å². The number of anilines is 1. The molecule has 3 heteroatoms. The highest BCUT2D eigenvalue weighted by Gasteiger charge is 2.15. The Morgan fingerprint density at radius 1 is 1.26 bits per heavy atom. The molecule has 0 fully saturated rings. The van der Waals surface area contributed by atoms with E-state index < -0.39 is 0 Å². The van der Waals surface area contributed by atoms with E-state index in [1.807, 2.05) is 0 Å². The Morgan fingerprint density at radius 3 is 2.42 bits per heavy atom. The van der Waals surface area contributed by atoms with Gasteiger partial charge in [0.15, 0.2) is 0 Å². The second-order valence-electron chi connectivity index (χ2n) is 5.56. The summed E-state index contributed by atoms with van der Waals surface area (Å²) in [4.78, 5) is 4.72. The molecule has 1 rings (SSSR count). The molecular formula is C16H29N3. The predicted molar refractivity (Wildman–Crippen MR) is 85.0 cm³/mol. The molecule has 2 N–H and O–H groups in total. The Balaban J connectivity index is 2.92. The highest BCUT2D eigenvalue weighted by Crippen LogP contribution is 2.23. The van der Waals surface area contributed by atoms with Gasteiger partial charge in [-0.05, 0) is 65.0 Å². The summed E-state index contributed by atoms with van der Waals surface area (Å²) in [6, 6.07) is 7.24. The Hall–Kier alpha value is -1.06. The van der Waals surface area contributed by atoms with Crippen molar-refractivity contribution in [1.82, 2.24) is 4.90 Å². The highest BCUT2D eigenvalue weighted by atomic mass is 15.2. The number of nitrogens with two attached hydrogens (primary N) is 1. The van der Waals surface area contributed by atoms with Gasteiger partial charge in [-0.3, -0.25) is 0 Å². The van der Waals surface area contributed by atoms with Crippen LogP contribution in [0, 0.1) is 6.92 Å². The summed E-state index contributed by atoms with van der Waals surface area (Å²) in [7, 11) is 4.25. The molecule has 1 atom stereocenters. The van der Waals surface area contributed by atoms with Crippen LogP contribution in [-0.4, -0.2) is 44.7 Å². The van der Waals surface area contributed by atoms with Crippen molar-refractivity contribution in [3.05, 3.63) is 29.3 Å². The molecule has 1 unspecified atom stereocenters. The first-order chi connectivity index (χ1) is 8.99.